The summed E-state index contributed by atoms with van der Waals surface area (Å²) < 4.78 is 26.2. The van der Waals surface area contributed by atoms with Crippen LogP contribution < -0.4 is 0 Å². The Morgan fingerprint density at radius 3 is 2.52 bits per heavy atom. The molecule has 0 heterocycles. The van der Waals surface area contributed by atoms with Crippen LogP contribution in [0.1, 0.15) is 44.0 Å². The van der Waals surface area contributed by atoms with Gasteiger partial charge in [0.1, 0.15) is 12.8 Å². The molecular weight excluding hydrogens is 359 g/mol. The van der Waals surface area contributed by atoms with E-state index >= 15 is 0 Å². The molecule has 148 valence electrons. The Hall–Kier alpha value is -1.72. The van der Waals surface area contributed by atoms with Crippen LogP contribution in [0.25, 0.3) is 0 Å². The lowest BCUT2D eigenvalue weighted by Gasteiger charge is -2.41. The predicted octanol–water partition coefficient (Wildman–Crippen LogP) is 5.85. The normalized spacial score (nSPS) is 22.7. The summed E-state index contributed by atoms with van der Waals surface area (Å²) in [6.45, 7) is 14.9. The van der Waals surface area contributed by atoms with E-state index in [0.717, 1.165) is 5.57 Å². The largest absolute Gasteiger partial charge is 0.458 e. The maximum atomic E-state index is 14.5. The first-order valence-corrected chi connectivity index (χ1v) is 12.3. The molecule has 0 aliphatic heterocycles. The second-order valence-electron chi connectivity index (χ2n) is 8.63. The van der Waals surface area contributed by atoms with Gasteiger partial charge >= 0.3 is 5.97 Å². The van der Waals surface area contributed by atoms with Gasteiger partial charge in [0.25, 0.3) is 0 Å². The minimum atomic E-state index is -1.98. The van der Waals surface area contributed by atoms with Gasteiger partial charge in [-0.2, -0.15) is 0 Å². The lowest BCUT2D eigenvalue weighted by atomic mass is 9.87. The second kappa shape index (κ2) is 8.53. The molecule has 0 amide bonds. The summed E-state index contributed by atoms with van der Waals surface area (Å²) >= 11 is 0. The van der Waals surface area contributed by atoms with Crippen molar-refractivity contribution < 1.29 is 18.3 Å². The third-order valence-corrected chi connectivity index (χ3v) is 10.1. The molecule has 1 saturated carbocycles. The van der Waals surface area contributed by atoms with E-state index in [1.54, 1.807) is 30.3 Å². The lowest BCUT2D eigenvalue weighted by Crippen LogP contribution is -2.45. The Kier molecular flexibility index (Phi) is 6.81. The number of ether oxygens (including phenoxy) is 1. The van der Waals surface area contributed by atoms with Crippen LogP contribution >= 0.6 is 0 Å². The molecule has 1 fully saturated rings. The predicted molar refractivity (Wildman–Crippen MR) is 110 cm³/mol. The van der Waals surface area contributed by atoms with Crippen LogP contribution in [0.2, 0.25) is 18.1 Å². The molecule has 0 N–H and O–H groups in total. The topological polar surface area (TPSA) is 35.5 Å². The van der Waals surface area contributed by atoms with E-state index in [1.165, 1.54) is 0 Å². The Labute approximate surface area is 163 Å². The lowest BCUT2D eigenvalue weighted by molar-refractivity contribution is 0.0548. The standard InChI is InChI=1S/C22H31FO3Si/c1-16-18(12-13-25-21(24)17-10-8-7-9-11-17)14-19(15-20(16)23)26-27(5,6)22(2,3)4/h7-12,19-20H,1,13-15H2,2-6H3/t19?,20-/m0/s1. The molecule has 3 nitrogen and oxygen atoms in total. The van der Waals surface area contributed by atoms with E-state index in [9.17, 15) is 9.18 Å². The number of hydrogen-bond acceptors (Lipinski definition) is 3. The molecule has 1 aromatic rings. The molecule has 0 bridgehead atoms. The molecule has 1 unspecified atom stereocenters. The van der Waals surface area contributed by atoms with Gasteiger partial charge < -0.3 is 9.16 Å². The number of hydrogen-bond donors (Lipinski definition) is 0. The van der Waals surface area contributed by atoms with Crippen molar-refractivity contribution >= 4 is 14.3 Å². The molecule has 27 heavy (non-hydrogen) atoms. The number of rotatable bonds is 5. The van der Waals surface area contributed by atoms with E-state index in [0.29, 0.717) is 24.0 Å². The van der Waals surface area contributed by atoms with E-state index in [1.807, 2.05) is 6.07 Å². The second-order valence-corrected chi connectivity index (χ2v) is 13.4. The van der Waals surface area contributed by atoms with Crippen LogP contribution in [-0.4, -0.2) is 33.2 Å². The van der Waals surface area contributed by atoms with Gasteiger partial charge in [-0.1, -0.05) is 45.5 Å². The molecule has 0 radical (unpaired) electrons. The fourth-order valence-electron chi connectivity index (χ4n) is 2.81. The molecule has 2 atom stereocenters. The number of carbonyl (C=O) groups is 1. The zero-order valence-corrected chi connectivity index (χ0v) is 18.0. The summed E-state index contributed by atoms with van der Waals surface area (Å²) in [4.78, 5) is 12.0. The number of allylic oxidation sites excluding steroid dienone is 1. The first kappa shape index (κ1) is 21.6. The third kappa shape index (κ3) is 5.63. The minimum Gasteiger partial charge on any atom is -0.458 e. The van der Waals surface area contributed by atoms with Gasteiger partial charge in [0.2, 0.25) is 0 Å². The number of halogens is 1. The van der Waals surface area contributed by atoms with Crippen molar-refractivity contribution in [1.29, 1.82) is 0 Å². The number of alkyl halides is 1. The number of esters is 1. The van der Waals surface area contributed by atoms with Crippen LogP contribution in [-0.2, 0) is 9.16 Å². The van der Waals surface area contributed by atoms with E-state index < -0.39 is 14.5 Å². The summed E-state index contributed by atoms with van der Waals surface area (Å²) in [6.07, 6.45) is 1.42. The first-order chi connectivity index (χ1) is 12.5. The fraction of sp³-hybridized carbons (Fsp3) is 0.500. The molecular formula is C22H31FO3Si. The van der Waals surface area contributed by atoms with Gasteiger partial charge in [0.15, 0.2) is 8.32 Å². The Bertz CT molecular complexity index is 704. The van der Waals surface area contributed by atoms with Crippen molar-refractivity contribution in [1.82, 2.24) is 0 Å². The summed E-state index contributed by atoms with van der Waals surface area (Å²) in [5.41, 5.74) is 1.76. The quantitative estimate of drug-likeness (QED) is 0.467. The van der Waals surface area contributed by atoms with Crippen LogP contribution in [0.5, 0.6) is 0 Å². The Morgan fingerprint density at radius 1 is 1.30 bits per heavy atom. The summed E-state index contributed by atoms with van der Waals surface area (Å²) in [7, 11) is -1.98. The van der Waals surface area contributed by atoms with Gasteiger partial charge in [-0.3, -0.25) is 0 Å². The highest BCUT2D eigenvalue weighted by Crippen LogP contribution is 2.40. The third-order valence-electron chi connectivity index (χ3n) is 5.53. The summed E-state index contributed by atoms with van der Waals surface area (Å²) in [6, 6.07) is 8.82. The highest BCUT2D eigenvalue weighted by Gasteiger charge is 2.41. The number of carbonyl (C=O) groups excluding carboxylic acids is 1. The molecule has 1 aliphatic rings. The molecule has 1 aliphatic carbocycles. The van der Waals surface area contributed by atoms with Crippen LogP contribution in [0, 0.1) is 0 Å². The average Bonchev–Trinajstić information content (AvgIpc) is 2.58. The van der Waals surface area contributed by atoms with Gasteiger partial charge in [-0.05, 0) is 53.9 Å². The minimum absolute atomic E-state index is 0.0718. The highest BCUT2D eigenvalue weighted by atomic mass is 28.4. The smallest absolute Gasteiger partial charge is 0.338 e. The van der Waals surface area contributed by atoms with Crippen LogP contribution in [0.15, 0.2) is 54.1 Å². The summed E-state index contributed by atoms with van der Waals surface area (Å²) in [5, 5.41) is 0.0718. The first-order valence-electron chi connectivity index (χ1n) is 9.43. The monoisotopic (exact) mass is 390 g/mol. The number of benzene rings is 1. The Balaban J connectivity index is 2.01. The van der Waals surface area contributed by atoms with Crippen molar-refractivity contribution in [2.75, 3.05) is 6.61 Å². The molecule has 1 aromatic carbocycles. The van der Waals surface area contributed by atoms with Crippen LogP contribution in [0.4, 0.5) is 4.39 Å². The van der Waals surface area contributed by atoms with Crippen molar-refractivity contribution in [2.24, 2.45) is 0 Å². The van der Waals surface area contributed by atoms with Gasteiger partial charge in [-0.25, -0.2) is 9.18 Å². The highest BCUT2D eigenvalue weighted by molar-refractivity contribution is 6.74. The molecule has 2 rings (SSSR count). The van der Waals surface area contributed by atoms with Crippen LogP contribution in [0.3, 0.4) is 0 Å². The van der Waals surface area contributed by atoms with Gasteiger partial charge in [0, 0.05) is 6.42 Å². The summed E-state index contributed by atoms with van der Waals surface area (Å²) in [5.74, 6) is -0.389. The van der Waals surface area contributed by atoms with Crippen molar-refractivity contribution in [3.63, 3.8) is 0 Å². The zero-order valence-electron chi connectivity index (χ0n) is 17.0. The maximum absolute atomic E-state index is 14.5. The van der Waals surface area contributed by atoms with E-state index in [-0.39, 0.29) is 23.7 Å². The Morgan fingerprint density at radius 2 is 1.93 bits per heavy atom. The van der Waals surface area contributed by atoms with E-state index in [4.69, 9.17) is 9.16 Å². The molecule has 5 heteroatoms. The fourth-order valence-corrected chi connectivity index (χ4v) is 4.17. The van der Waals surface area contributed by atoms with Crippen molar-refractivity contribution in [3.8, 4) is 0 Å². The SMILES string of the molecule is C=C1C(=CCOC(=O)c2ccccc2)CC(O[Si](C)(C)C(C)(C)C)C[C@@H]1F. The van der Waals surface area contributed by atoms with Crippen molar-refractivity contribution in [3.05, 3.63) is 59.7 Å². The maximum Gasteiger partial charge on any atom is 0.338 e. The molecule has 0 saturated heterocycles. The van der Waals surface area contributed by atoms with Gasteiger partial charge in [-0.15, -0.1) is 0 Å². The molecule has 0 spiro atoms. The zero-order chi connectivity index (χ0) is 20.2. The average molecular weight is 391 g/mol. The molecule has 0 aromatic heterocycles. The van der Waals surface area contributed by atoms with Crippen molar-refractivity contribution in [2.45, 2.75) is 64.0 Å². The van der Waals surface area contributed by atoms with Gasteiger partial charge in [0.05, 0.1) is 11.7 Å². The van der Waals surface area contributed by atoms with E-state index in [2.05, 4.69) is 40.4 Å².